The van der Waals surface area contributed by atoms with E-state index in [9.17, 15) is 18.4 Å². The fraction of sp³-hybridized carbons (Fsp3) is 0.278. The molecule has 0 radical (unpaired) electrons. The molecular weight excluding hydrogens is 420 g/mol. The summed E-state index contributed by atoms with van der Waals surface area (Å²) in [7, 11) is -2.44. The minimum atomic E-state index is -3.94. The molecule has 10 heteroatoms. The average molecular weight is 439 g/mol. The van der Waals surface area contributed by atoms with Crippen molar-refractivity contribution in [3.8, 4) is 5.75 Å². The predicted molar refractivity (Wildman–Crippen MR) is 106 cm³/mol. The molecule has 1 atom stereocenters. The molecule has 1 fully saturated rings. The summed E-state index contributed by atoms with van der Waals surface area (Å²) in [5, 5.41) is 9.17. The number of amides is 1. The number of hydrogen-bond acceptors (Lipinski definition) is 7. The van der Waals surface area contributed by atoms with Crippen LogP contribution < -0.4 is 10.2 Å². The third kappa shape index (κ3) is 3.29. The van der Waals surface area contributed by atoms with E-state index in [4.69, 9.17) is 4.74 Å². The van der Waals surface area contributed by atoms with Crippen molar-refractivity contribution in [2.24, 2.45) is 0 Å². The molecule has 7 nitrogen and oxygen atoms in total. The number of carbonyl (C=O) groups is 1. The van der Waals surface area contributed by atoms with Gasteiger partial charge in [-0.2, -0.15) is 4.31 Å². The Bertz CT molecular complexity index is 985. The van der Waals surface area contributed by atoms with E-state index in [2.05, 4.69) is 0 Å². The Morgan fingerprint density at radius 2 is 1.79 bits per heavy atom. The van der Waals surface area contributed by atoms with Gasteiger partial charge in [-0.15, -0.1) is 23.5 Å². The highest BCUT2D eigenvalue weighted by molar-refractivity contribution is 8.20. The lowest BCUT2D eigenvalue weighted by Crippen LogP contribution is -2.45. The Kier molecular flexibility index (Phi) is 5.09. The van der Waals surface area contributed by atoms with E-state index in [0.29, 0.717) is 12.2 Å². The monoisotopic (exact) mass is 438 g/mol. The number of ether oxygens (including phenoxy) is 1. The van der Waals surface area contributed by atoms with Crippen LogP contribution in [-0.2, 0) is 14.8 Å². The van der Waals surface area contributed by atoms with E-state index >= 15 is 0 Å². The molecule has 0 aromatic heterocycles. The molecule has 2 N–H and O–H groups in total. The molecule has 2 heterocycles. The summed E-state index contributed by atoms with van der Waals surface area (Å²) in [5.74, 6) is -0.190. The molecule has 0 unspecified atom stereocenters. The highest BCUT2D eigenvalue weighted by Gasteiger charge is 2.55. The standard InChI is InChI=1S/C18H18N2O5S3/c1-25-12-6-8-13(9-7-12)28(23,24)20-11-18(10-14(20)17(21)19-22)26-15-4-2-3-5-16(15)27-18/h2-9,14,22H,10-11H2,1H3,(H,19,21)/t14-/m1/s1. The number of nitrogens with one attached hydrogen (secondary N) is 1. The van der Waals surface area contributed by atoms with Gasteiger partial charge in [0.2, 0.25) is 10.0 Å². The van der Waals surface area contributed by atoms with Crippen molar-refractivity contribution >= 4 is 39.5 Å². The van der Waals surface area contributed by atoms with Crippen LogP contribution in [0.1, 0.15) is 6.42 Å². The number of benzene rings is 2. The summed E-state index contributed by atoms with van der Waals surface area (Å²) >= 11 is 3.15. The average Bonchev–Trinajstić information content (AvgIpc) is 3.27. The maximum Gasteiger partial charge on any atom is 0.261 e. The lowest BCUT2D eigenvalue weighted by molar-refractivity contribution is -0.132. The minimum absolute atomic E-state index is 0.0756. The Morgan fingerprint density at radius 3 is 2.32 bits per heavy atom. The van der Waals surface area contributed by atoms with Gasteiger partial charge in [-0.25, -0.2) is 13.9 Å². The smallest absolute Gasteiger partial charge is 0.261 e. The first-order valence-corrected chi connectivity index (χ1v) is 11.5. The highest BCUT2D eigenvalue weighted by Crippen LogP contribution is 2.61. The van der Waals surface area contributed by atoms with Gasteiger partial charge in [-0.05, 0) is 42.8 Å². The molecule has 0 aliphatic carbocycles. The van der Waals surface area contributed by atoms with E-state index in [-0.39, 0.29) is 11.4 Å². The van der Waals surface area contributed by atoms with Crippen LogP contribution in [0.15, 0.2) is 63.2 Å². The lowest BCUT2D eigenvalue weighted by Gasteiger charge is -2.23. The van der Waals surface area contributed by atoms with Crippen molar-refractivity contribution in [1.29, 1.82) is 0 Å². The number of methoxy groups -OCH3 is 1. The van der Waals surface area contributed by atoms with Crippen LogP contribution in [0.5, 0.6) is 5.75 Å². The van der Waals surface area contributed by atoms with Crippen LogP contribution in [0.4, 0.5) is 0 Å². The molecule has 2 aliphatic rings. The van der Waals surface area contributed by atoms with Crippen LogP contribution in [0.3, 0.4) is 0 Å². The van der Waals surface area contributed by atoms with Gasteiger partial charge < -0.3 is 4.74 Å². The number of hydrogen-bond donors (Lipinski definition) is 2. The number of thioether (sulfide) groups is 2. The number of hydroxylamine groups is 1. The largest absolute Gasteiger partial charge is 0.497 e. The molecule has 2 aromatic carbocycles. The number of sulfonamides is 1. The summed E-state index contributed by atoms with van der Waals surface area (Å²) in [4.78, 5) is 14.5. The Balaban J connectivity index is 1.69. The van der Waals surface area contributed by atoms with Gasteiger partial charge in [0.25, 0.3) is 5.91 Å². The van der Waals surface area contributed by atoms with E-state index < -0.39 is 26.1 Å². The van der Waals surface area contributed by atoms with Crippen molar-refractivity contribution in [3.63, 3.8) is 0 Å². The Hall–Kier alpha value is -1.72. The topological polar surface area (TPSA) is 95.9 Å². The van der Waals surface area contributed by atoms with Crippen molar-refractivity contribution in [1.82, 2.24) is 9.79 Å². The lowest BCUT2D eigenvalue weighted by atomic mass is 10.2. The van der Waals surface area contributed by atoms with E-state index in [1.54, 1.807) is 41.1 Å². The van der Waals surface area contributed by atoms with Crippen LogP contribution in [0.25, 0.3) is 0 Å². The third-order valence-corrected chi connectivity index (χ3v) is 9.75. The Labute approximate surface area is 171 Å². The van der Waals surface area contributed by atoms with Crippen LogP contribution in [0, 0.1) is 0 Å². The first-order chi connectivity index (χ1) is 13.4. The molecule has 4 rings (SSSR count). The molecule has 0 saturated carbocycles. The first kappa shape index (κ1) is 19.6. The maximum absolute atomic E-state index is 13.3. The van der Waals surface area contributed by atoms with Crippen molar-refractivity contribution in [2.75, 3.05) is 13.7 Å². The summed E-state index contributed by atoms with van der Waals surface area (Å²) in [5.41, 5.74) is 1.62. The second kappa shape index (κ2) is 7.27. The fourth-order valence-electron chi connectivity index (χ4n) is 3.43. The number of carbonyl (C=O) groups excluding carboxylic acids is 1. The van der Waals surface area contributed by atoms with E-state index in [0.717, 1.165) is 9.79 Å². The second-order valence-electron chi connectivity index (χ2n) is 6.48. The molecule has 28 heavy (non-hydrogen) atoms. The zero-order chi connectivity index (χ0) is 19.9. The zero-order valence-electron chi connectivity index (χ0n) is 14.9. The van der Waals surface area contributed by atoms with Crippen molar-refractivity contribution in [3.05, 3.63) is 48.5 Å². The molecule has 148 valence electrons. The first-order valence-electron chi connectivity index (χ1n) is 8.45. The number of rotatable bonds is 4. The Morgan fingerprint density at radius 1 is 1.18 bits per heavy atom. The summed E-state index contributed by atoms with van der Waals surface area (Å²) in [6.45, 7) is 0.156. The van der Waals surface area contributed by atoms with E-state index in [1.165, 1.54) is 23.5 Å². The van der Waals surface area contributed by atoms with E-state index in [1.807, 2.05) is 24.3 Å². The summed E-state index contributed by atoms with van der Waals surface area (Å²) in [6, 6.07) is 12.9. The molecule has 2 aromatic rings. The van der Waals surface area contributed by atoms with Crippen LogP contribution >= 0.6 is 23.5 Å². The molecular formula is C18H18N2O5S3. The van der Waals surface area contributed by atoms with Gasteiger partial charge in [0.1, 0.15) is 11.8 Å². The molecule has 0 bridgehead atoms. The number of nitrogens with zero attached hydrogens (tertiary/aromatic N) is 1. The minimum Gasteiger partial charge on any atom is -0.497 e. The van der Waals surface area contributed by atoms with Crippen molar-refractivity contribution in [2.45, 2.75) is 31.2 Å². The number of fused-ring (bicyclic) bond motifs is 1. The zero-order valence-corrected chi connectivity index (χ0v) is 17.3. The molecule has 2 aliphatic heterocycles. The normalized spacial score (nSPS) is 20.9. The highest BCUT2D eigenvalue weighted by atomic mass is 32.2. The molecule has 1 spiro atoms. The van der Waals surface area contributed by atoms with Gasteiger partial charge in [-0.3, -0.25) is 10.0 Å². The van der Waals surface area contributed by atoms with Crippen LogP contribution in [-0.4, -0.2) is 47.6 Å². The van der Waals surface area contributed by atoms with Crippen molar-refractivity contribution < 1.29 is 23.2 Å². The predicted octanol–water partition coefficient (Wildman–Crippen LogP) is 2.56. The summed E-state index contributed by atoms with van der Waals surface area (Å²) < 4.78 is 32.3. The maximum atomic E-state index is 13.3. The van der Waals surface area contributed by atoms with Crippen LogP contribution in [0.2, 0.25) is 0 Å². The van der Waals surface area contributed by atoms with Gasteiger partial charge >= 0.3 is 0 Å². The fourth-order valence-corrected chi connectivity index (χ4v) is 8.52. The second-order valence-corrected chi connectivity index (χ2v) is 11.5. The van der Waals surface area contributed by atoms with Gasteiger partial charge in [0.15, 0.2) is 0 Å². The SMILES string of the molecule is COc1ccc(S(=O)(=O)N2CC3(C[C@@H]2C(=O)NO)Sc2ccccc2S3)cc1. The third-order valence-electron chi connectivity index (χ3n) is 4.77. The summed E-state index contributed by atoms with van der Waals surface area (Å²) in [6.07, 6.45) is 0.290. The quantitative estimate of drug-likeness (QED) is 0.559. The van der Waals surface area contributed by atoms with Gasteiger partial charge in [-0.1, -0.05) is 12.1 Å². The van der Waals surface area contributed by atoms with Gasteiger partial charge in [0, 0.05) is 16.3 Å². The molecule has 1 saturated heterocycles. The molecule has 1 amide bonds. The van der Waals surface area contributed by atoms with Gasteiger partial charge in [0.05, 0.1) is 16.1 Å².